The third kappa shape index (κ3) is 4.26. The molecule has 0 saturated carbocycles. The van der Waals surface area contributed by atoms with Crippen LogP contribution in [-0.2, 0) is 14.8 Å². The molecular formula is C9H14N4O4S. The van der Waals surface area contributed by atoms with Crippen LogP contribution >= 0.6 is 0 Å². The second kappa shape index (κ2) is 6.26. The van der Waals surface area contributed by atoms with Crippen LogP contribution in [0.3, 0.4) is 0 Å². The lowest BCUT2D eigenvalue weighted by Crippen LogP contribution is -2.26. The predicted octanol–water partition coefficient (Wildman–Crippen LogP) is -0.776. The van der Waals surface area contributed by atoms with E-state index in [1.165, 1.54) is 26.3 Å². The Morgan fingerprint density at radius 2 is 2.11 bits per heavy atom. The second-order valence-corrected chi connectivity index (χ2v) is 5.29. The van der Waals surface area contributed by atoms with Gasteiger partial charge in [-0.1, -0.05) is 0 Å². The van der Waals surface area contributed by atoms with Crippen LogP contribution in [0.25, 0.3) is 0 Å². The molecule has 0 aliphatic carbocycles. The van der Waals surface area contributed by atoms with Gasteiger partial charge in [-0.3, -0.25) is 0 Å². The molecular weight excluding hydrogens is 260 g/mol. The molecule has 0 unspecified atom stereocenters. The largest absolute Gasteiger partial charge is 0.464 e. The molecule has 0 radical (unpaired) electrons. The predicted molar refractivity (Wildman–Crippen MR) is 64.7 cm³/mol. The molecule has 0 aromatic carbocycles. The molecule has 0 aliphatic heterocycles. The van der Waals surface area contributed by atoms with Crippen LogP contribution in [0.15, 0.2) is 12.1 Å². The smallest absolute Gasteiger partial charge is 0.358 e. The van der Waals surface area contributed by atoms with Crippen molar-refractivity contribution in [3.05, 3.63) is 17.8 Å². The molecule has 0 fully saturated rings. The Morgan fingerprint density at radius 1 is 1.39 bits per heavy atom. The van der Waals surface area contributed by atoms with E-state index in [4.69, 9.17) is 0 Å². The van der Waals surface area contributed by atoms with Crippen LogP contribution in [0.4, 0.5) is 5.82 Å². The van der Waals surface area contributed by atoms with Crippen LogP contribution < -0.4 is 10.0 Å². The molecule has 0 spiro atoms. The summed E-state index contributed by atoms with van der Waals surface area (Å²) in [5, 5.41) is 10.1. The van der Waals surface area contributed by atoms with Crippen molar-refractivity contribution in [3.63, 3.8) is 0 Å². The molecule has 0 aliphatic rings. The minimum Gasteiger partial charge on any atom is -0.464 e. The molecule has 2 N–H and O–H groups in total. The second-order valence-electron chi connectivity index (χ2n) is 3.25. The molecule has 0 atom stereocenters. The highest BCUT2D eigenvalue weighted by molar-refractivity contribution is 7.89. The van der Waals surface area contributed by atoms with E-state index in [1.807, 2.05) is 0 Å². The van der Waals surface area contributed by atoms with E-state index in [2.05, 4.69) is 25.0 Å². The number of nitrogens with zero attached hydrogens (tertiary/aromatic N) is 2. The Kier molecular flexibility index (Phi) is 4.98. The maximum Gasteiger partial charge on any atom is 0.358 e. The van der Waals surface area contributed by atoms with Crippen LogP contribution in [0.5, 0.6) is 0 Å². The lowest BCUT2D eigenvalue weighted by Gasteiger charge is -2.05. The summed E-state index contributed by atoms with van der Waals surface area (Å²) in [6.45, 7) is 0.190. The van der Waals surface area contributed by atoms with E-state index < -0.39 is 16.0 Å². The number of esters is 1. The van der Waals surface area contributed by atoms with E-state index in [0.29, 0.717) is 5.82 Å². The highest BCUT2D eigenvalue weighted by Crippen LogP contribution is 2.02. The first-order valence-electron chi connectivity index (χ1n) is 5.05. The molecule has 1 rings (SSSR count). The molecule has 18 heavy (non-hydrogen) atoms. The molecule has 8 nitrogen and oxygen atoms in total. The highest BCUT2D eigenvalue weighted by Gasteiger charge is 2.08. The Hall–Kier alpha value is -1.74. The zero-order chi connectivity index (χ0) is 13.6. The maximum absolute atomic E-state index is 11.1. The minimum atomic E-state index is -3.25. The van der Waals surface area contributed by atoms with Gasteiger partial charge in [0.1, 0.15) is 5.82 Å². The van der Waals surface area contributed by atoms with Gasteiger partial charge in [0.2, 0.25) is 10.0 Å². The number of hydrogen-bond acceptors (Lipinski definition) is 7. The van der Waals surface area contributed by atoms with Gasteiger partial charge in [-0.05, 0) is 19.2 Å². The van der Waals surface area contributed by atoms with Crippen molar-refractivity contribution in [1.82, 2.24) is 14.9 Å². The lowest BCUT2D eigenvalue weighted by atomic mass is 10.4. The van der Waals surface area contributed by atoms with Crippen molar-refractivity contribution in [3.8, 4) is 0 Å². The summed E-state index contributed by atoms with van der Waals surface area (Å²) in [6.07, 6.45) is 0. The van der Waals surface area contributed by atoms with Crippen molar-refractivity contribution in [1.29, 1.82) is 0 Å². The SMILES string of the molecule is CNS(=O)(=O)CCNc1ccc(C(=O)OC)nn1. The number of ether oxygens (including phenoxy) is 1. The van der Waals surface area contributed by atoms with Gasteiger partial charge in [-0.2, -0.15) is 0 Å². The Morgan fingerprint density at radius 3 is 2.61 bits per heavy atom. The van der Waals surface area contributed by atoms with Gasteiger partial charge in [0.05, 0.1) is 12.9 Å². The fourth-order valence-corrected chi connectivity index (χ4v) is 1.63. The first kappa shape index (κ1) is 14.3. The zero-order valence-corrected chi connectivity index (χ0v) is 10.8. The van der Waals surface area contributed by atoms with Gasteiger partial charge in [-0.15, -0.1) is 10.2 Å². The fraction of sp³-hybridized carbons (Fsp3) is 0.444. The summed E-state index contributed by atoms with van der Waals surface area (Å²) in [6, 6.07) is 2.96. The summed E-state index contributed by atoms with van der Waals surface area (Å²) in [5.41, 5.74) is 0.0888. The highest BCUT2D eigenvalue weighted by atomic mass is 32.2. The summed E-state index contributed by atoms with van der Waals surface area (Å²) >= 11 is 0. The van der Waals surface area contributed by atoms with Gasteiger partial charge in [-0.25, -0.2) is 17.9 Å². The van der Waals surface area contributed by atoms with Crippen LogP contribution in [0.1, 0.15) is 10.5 Å². The number of sulfonamides is 1. The van der Waals surface area contributed by atoms with Gasteiger partial charge in [0.25, 0.3) is 0 Å². The topological polar surface area (TPSA) is 110 Å². The average molecular weight is 274 g/mol. The van der Waals surface area contributed by atoms with Crippen molar-refractivity contribution in [2.24, 2.45) is 0 Å². The molecule has 1 aromatic rings. The quantitative estimate of drug-likeness (QED) is 0.655. The van der Waals surface area contributed by atoms with Gasteiger partial charge >= 0.3 is 5.97 Å². The molecule has 0 bridgehead atoms. The van der Waals surface area contributed by atoms with Crippen molar-refractivity contribution < 1.29 is 17.9 Å². The van der Waals surface area contributed by atoms with Crippen molar-refractivity contribution in [2.75, 3.05) is 31.8 Å². The average Bonchev–Trinajstić information content (AvgIpc) is 2.38. The van der Waals surface area contributed by atoms with E-state index in [9.17, 15) is 13.2 Å². The minimum absolute atomic E-state index is 0.0794. The summed E-state index contributed by atoms with van der Waals surface area (Å²) in [4.78, 5) is 11.1. The van der Waals surface area contributed by atoms with Crippen LogP contribution in [0, 0.1) is 0 Å². The zero-order valence-electron chi connectivity index (χ0n) is 10.0. The maximum atomic E-state index is 11.1. The first-order chi connectivity index (χ1) is 8.48. The third-order valence-corrected chi connectivity index (χ3v) is 3.41. The molecule has 0 saturated heterocycles. The number of carbonyl (C=O) groups is 1. The number of methoxy groups -OCH3 is 1. The van der Waals surface area contributed by atoms with E-state index in [0.717, 1.165) is 0 Å². The number of hydrogen-bond donors (Lipinski definition) is 2. The van der Waals surface area contributed by atoms with Gasteiger partial charge in [0.15, 0.2) is 5.69 Å². The Labute approximate surface area is 105 Å². The number of carbonyl (C=O) groups excluding carboxylic acids is 1. The summed E-state index contributed by atoms with van der Waals surface area (Å²) in [5.74, 6) is -0.273. The number of nitrogens with one attached hydrogen (secondary N) is 2. The van der Waals surface area contributed by atoms with E-state index >= 15 is 0 Å². The van der Waals surface area contributed by atoms with Crippen molar-refractivity contribution >= 4 is 21.8 Å². The number of aromatic nitrogens is 2. The Balaban J connectivity index is 2.52. The summed E-state index contributed by atoms with van der Waals surface area (Å²) in [7, 11) is -0.654. The molecule has 9 heteroatoms. The number of anilines is 1. The first-order valence-corrected chi connectivity index (χ1v) is 6.71. The molecule has 0 amide bonds. The third-order valence-electron chi connectivity index (χ3n) is 2.05. The molecule has 1 aromatic heterocycles. The Bertz CT molecular complexity index is 500. The molecule has 1 heterocycles. The van der Waals surface area contributed by atoms with Gasteiger partial charge < -0.3 is 10.1 Å². The van der Waals surface area contributed by atoms with Gasteiger partial charge in [0, 0.05) is 6.54 Å². The van der Waals surface area contributed by atoms with Crippen LogP contribution in [-0.4, -0.2) is 51.0 Å². The number of rotatable bonds is 6. The fourth-order valence-electron chi connectivity index (χ4n) is 1.06. The van der Waals surface area contributed by atoms with Crippen LogP contribution in [0.2, 0.25) is 0 Å². The summed E-state index contributed by atoms with van der Waals surface area (Å²) < 4.78 is 28.9. The lowest BCUT2D eigenvalue weighted by molar-refractivity contribution is 0.0593. The van der Waals surface area contributed by atoms with E-state index in [-0.39, 0.29) is 18.0 Å². The molecule has 100 valence electrons. The monoisotopic (exact) mass is 274 g/mol. The van der Waals surface area contributed by atoms with E-state index in [1.54, 1.807) is 0 Å². The van der Waals surface area contributed by atoms with Crippen molar-refractivity contribution in [2.45, 2.75) is 0 Å². The normalized spacial score (nSPS) is 11.0. The standard InChI is InChI=1S/C9H14N4O4S/c1-10-18(15,16)6-5-11-8-4-3-7(12-13-8)9(14)17-2/h3-4,10H,5-6H2,1-2H3,(H,11,13).